The maximum Gasteiger partial charge on any atom is 0.131 e. The highest BCUT2D eigenvalue weighted by Crippen LogP contribution is 2.29. The van der Waals surface area contributed by atoms with Crippen molar-refractivity contribution in [1.82, 2.24) is 20.3 Å². The fourth-order valence-corrected chi connectivity index (χ4v) is 3.07. The second-order valence-corrected chi connectivity index (χ2v) is 5.87. The van der Waals surface area contributed by atoms with Gasteiger partial charge in [0.2, 0.25) is 0 Å². The lowest BCUT2D eigenvalue weighted by atomic mass is 10.2. The Hall–Kier alpha value is -2.05. The van der Waals surface area contributed by atoms with Crippen LogP contribution in [0.25, 0.3) is 10.4 Å². The second kappa shape index (κ2) is 6.15. The number of benzene rings is 1. The minimum atomic E-state index is -0.181. The Kier molecular flexibility index (Phi) is 4.08. The highest BCUT2D eigenvalue weighted by atomic mass is 32.1. The van der Waals surface area contributed by atoms with Crippen molar-refractivity contribution in [2.45, 2.75) is 13.1 Å². The smallest absolute Gasteiger partial charge is 0.131 e. The molecule has 2 heterocycles. The normalized spacial score (nSPS) is 11.0. The van der Waals surface area contributed by atoms with Gasteiger partial charge in [-0.15, -0.1) is 16.4 Å². The van der Waals surface area contributed by atoms with Crippen LogP contribution in [0.3, 0.4) is 0 Å². The second-order valence-electron chi connectivity index (χ2n) is 4.70. The molecule has 1 N–H and O–H groups in total. The molecule has 4 nitrogen and oxygen atoms in total. The molecule has 21 heavy (non-hydrogen) atoms. The monoisotopic (exact) mass is 302 g/mol. The third kappa shape index (κ3) is 3.17. The van der Waals surface area contributed by atoms with Crippen molar-refractivity contribution < 1.29 is 4.39 Å². The van der Waals surface area contributed by atoms with Crippen molar-refractivity contribution in [2.24, 2.45) is 7.05 Å². The van der Waals surface area contributed by atoms with Gasteiger partial charge in [0.15, 0.2) is 0 Å². The largest absolute Gasteiger partial charge is 0.306 e. The zero-order valence-corrected chi connectivity index (χ0v) is 12.4. The Morgan fingerprint density at radius 2 is 2.05 bits per heavy atom. The zero-order chi connectivity index (χ0) is 14.7. The summed E-state index contributed by atoms with van der Waals surface area (Å²) in [6.07, 6.45) is 1.74. The van der Waals surface area contributed by atoms with Crippen molar-refractivity contribution in [3.63, 3.8) is 0 Å². The van der Waals surface area contributed by atoms with Crippen molar-refractivity contribution in [2.75, 3.05) is 0 Å². The van der Waals surface area contributed by atoms with E-state index in [9.17, 15) is 4.39 Å². The van der Waals surface area contributed by atoms with E-state index >= 15 is 0 Å². The van der Waals surface area contributed by atoms with Crippen LogP contribution in [-0.4, -0.2) is 15.0 Å². The summed E-state index contributed by atoms with van der Waals surface area (Å²) in [6.45, 7) is 1.45. The van der Waals surface area contributed by atoms with Crippen LogP contribution in [0.4, 0.5) is 4.39 Å². The number of nitrogens with zero attached hydrogens (tertiary/aromatic N) is 3. The highest BCUT2D eigenvalue weighted by molar-refractivity contribution is 7.15. The lowest BCUT2D eigenvalue weighted by Crippen LogP contribution is -2.14. The van der Waals surface area contributed by atoms with E-state index in [-0.39, 0.29) is 5.82 Å². The number of nitrogens with one attached hydrogen (secondary N) is 1. The molecular weight excluding hydrogens is 287 g/mol. The summed E-state index contributed by atoms with van der Waals surface area (Å²) in [6, 6.07) is 10.8. The number of aromatic nitrogens is 3. The Labute approximate surface area is 126 Å². The minimum Gasteiger partial charge on any atom is -0.306 e. The van der Waals surface area contributed by atoms with Gasteiger partial charge in [0.25, 0.3) is 0 Å². The molecule has 6 heteroatoms. The first-order valence-electron chi connectivity index (χ1n) is 6.62. The average Bonchev–Trinajstić information content (AvgIpc) is 3.10. The Morgan fingerprint density at radius 1 is 1.19 bits per heavy atom. The molecule has 0 spiro atoms. The van der Waals surface area contributed by atoms with Crippen molar-refractivity contribution in [1.29, 1.82) is 0 Å². The molecule has 3 aromatic rings. The maximum absolute atomic E-state index is 13.7. The summed E-state index contributed by atoms with van der Waals surface area (Å²) < 4.78 is 15.5. The maximum atomic E-state index is 13.7. The molecule has 2 aromatic heterocycles. The van der Waals surface area contributed by atoms with Gasteiger partial charge in [0.1, 0.15) is 5.82 Å². The molecule has 0 saturated heterocycles. The van der Waals surface area contributed by atoms with Gasteiger partial charge in [-0.3, -0.25) is 4.68 Å². The van der Waals surface area contributed by atoms with Crippen LogP contribution in [0.2, 0.25) is 0 Å². The third-order valence-electron chi connectivity index (χ3n) is 3.21. The zero-order valence-electron chi connectivity index (χ0n) is 11.6. The van der Waals surface area contributed by atoms with Gasteiger partial charge in [-0.2, -0.15) is 0 Å². The molecule has 0 unspecified atom stereocenters. The first-order valence-corrected chi connectivity index (χ1v) is 7.43. The summed E-state index contributed by atoms with van der Waals surface area (Å²) in [5.74, 6) is -0.181. The number of hydrogen-bond donors (Lipinski definition) is 1. The number of halogens is 1. The molecule has 108 valence electrons. The molecule has 0 amide bonds. The quantitative estimate of drug-likeness (QED) is 0.788. The predicted molar refractivity (Wildman–Crippen MR) is 81.3 cm³/mol. The molecule has 0 fully saturated rings. The molecule has 0 aliphatic heterocycles. The number of thiophene rings is 1. The van der Waals surface area contributed by atoms with E-state index in [2.05, 4.69) is 15.6 Å². The predicted octanol–water partition coefficient (Wildman–Crippen LogP) is 2.97. The van der Waals surface area contributed by atoms with Crippen LogP contribution < -0.4 is 5.32 Å². The summed E-state index contributed by atoms with van der Waals surface area (Å²) in [7, 11) is 1.87. The molecule has 0 bridgehead atoms. The number of hydrogen-bond acceptors (Lipinski definition) is 4. The molecule has 0 saturated carbocycles. The summed E-state index contributed by atoms with van der Waals surface area (Å²) >= 11 is 1.60. The van der Waals surface area contributed by atoms with Crippen LogP contribution in [-0.2, 0) is 20.1 Å². The Bertz CT molecular complexity index is 735. The van der Waals surface area contributed by atoms with Gasteiger partial charge in [-0.25, -0.2) is 4.39 Å². The van der Waals surface area contributed by atoms with Crippen molar-refractivity contribution >= 4 is 11.3 Å². The molecular formula is C15H15FN4S. The molecule has 3 rings (SSSR count). The van der Waals surface area contributed by atoms with Crippen molar-refractivity contribution in [3.05, 3.63) is 59.0 Å². The lowest BCUT2D eigenvalue weighted by molar-refractivity contribution is 0.619. The summed E-state index contributed by atoms with van der Waals surface area (Å²) in [4.78, 5) is 2.12. The van der Waals surface area contributed by atoms with E-state index in [0.29, 0.717) is 12.1 Å². The van der Waals surface area contributed by atoms with Gasteiger partial charge >= 0.3 is 0 Å². The van der Waals surface area contributed by atoms with Gasteiger partial charge < -0.3 is 5.32 Å². The van der Waals surface area contributed by atoms with Crippen molar-refractivity contribution in [3.8, 4) is 10.4 Å². The van der Waals surface area contributed by atoms with E-state index in [4.69, 9.17) is 0 Å². The van der Waals surface area contributed by atoms with Crippen LogP contribution in [0.15, 0.2) is 42.6 Å². The standard InChI is InChI=1S/C15H15FN4S/c1-20-11(9-18-19-20)8-17-10-12-6-7-15(21-12)13-4-2-3-5-14(13)16/h2-7,9,17H,8,10H2,1H3. The first kappa shape index (κ1) is 13.9. The SMILES string of the molecule is Cn1nncc1CNCc1ccc(-c2ccccc2F)s1. The first-order chi connectivity index (χ1) is 10.2. The fourth-order valence-electron chi connectivity index (χ4n) is 2.06. The van der Waals surface area contributed by atoms with Crippen LogP contribution in [0, 0.1) is 5.82 Å². The van der Waals surface area contributed by atoms with Gasteiger partial charge in [0.05, 0.1) is 11.9 Å². The third-order valence-corrected chi connectivity index (χ3v) is 4.33. The van der Waals surface area contributed by atoms with Crippen LogP contribution in [0.1, 0.15) is 10.6 Å². The van der Waals surface area contributed by atoms with E-state index in [1.54, 1.807) is 34.3 Å². The molecule has 0 atom stereocenters. The molecule has 0 aliphatic carbocycles. The highest BCUT2D eigenvalue weighted by Gasteiger charge is 2.07. The number of rotatable bonds is 5. The van der Waals surface area contributed by atoms with E-state index in [1.807, 2.05) is 25.2 Å². The summed E-state index contributed by atoms with van der Waals surface area (Å²) in [5, 5.41) is 11.1. The molecule has 0 aliphatic rings. The van der Waals surface area contributed by atoms with Crippen LogP contribution in [0.5, 0.6) is 0 Å². The van der Waals surface area contributed by atoms with Gasteiger partial charge in [-0.1, -0.05) is 23.4 Å². The van der Waals surface area contributed by atoms with Gasteiger partial charge in [0, 0.05) is 35.5 Å². The lowest BCUT2D eigenvalue weighted by Gasteiger charge is -2.02. The minimum absolute atomic E-state index is 0.181. The van der Waals surface area contributed by atoms with E-state index < -0.39 is 0 Å². The summed E-state index contributed by atoms with van der Waals surface area (Å²) in [5.41, 5.74) is 1.69. The fraction of sp³-hybridized carbons (Fsp3) is 0.200. The number of aryl methyl sites for hydroxylation is 1. The Morgan fingerprint density at radius 3 is 2.81 bits per heavy atom. The Balaban J connectivity index is 1.63. The average molecular weight is 302 g/mol. The molecule has 1 aromatic carbocycles. The van der Waals surface area contributed by atoms with Gasteiger partial charge in [-0.05, 0) is 18.2 Å². The van der Waals surface area contributed by atoms with E-state index in [1.165, 1.54) is 10.9 Å². The molecule has 0 radical (unpaired) electrons. The van der Waals surface area contributed by atoms with E-state index in [0.717, 1.165) is 17.1 Å². The topological polar surface area (TPSA) is 42.7 Å². The van der Waals surface area contributed by atoms with Crippen LogP contribution >= 0.6 is 11.3 Å².